The van der Waals surface area contributed by atoms with Gasteiger partial charge in [-0.25, -0.2) is 0 Å². The van der Waals surface area contributed by atoms with Crippen LogP contribution in [0, 0.1) is 23.2 Å². The molecule has 1 rings (SSSR count). The summed E-state index contributed by atoms with van der Waals surface area (Å²) in [4.78, 5) is 1.60. The Balaban J connectivity index is 2.52. The fraction of sp³-hybridized carbons (Fsp3) is 0.900. The Morgan fingerprint density at radius 1 is 1.56 bits per heavy atom. The van der Waals surface area contributed by atoms with Gasteiger partial charge in [0.2, 0.25) is 0 Å². The van der Waals surface area contributed by atoms with Gasteiger partial charge < -0.3 is 10.0 Å². The molecule has 0 spiro atoms. The summed E-state index contributed by atoms with van der Waals surface area (Å²) >= 11 is 0. The first-order valence-corrected chi connectivity index (χ1v) is 5.21. The third-order valence-electron chi connectivity index (χ3n) is 2.94. The Labute approximate surface area is 92.5 Å². The molecule has 92 valence electrons. The SMILES string of the molecule is CC1CN(CC(C#N)C(F)(F)F)CCC1O. The maximum Gasteiger partial charge on any atom is 0.405 e. The molecule has 0 aliphatic carbocycles. The van der Waals surface area contributed by atoms with Crippen LogP contribution in [0.5, 0.6) is 0 Å². The van der Waals surface area contributed by atoms with Crippen LogP contribution in [-0.2, 0) is 0 Å². The van der Waals surface area contributed by atoms with E-state index in [2.05, 4.69) is 0 Å². The van der Waals surface area contributed by atoms with E-state index in [-0.39, 0.29) is 12.5 Å². The Morgan fingerprint density at radius 3 is 2.62 bits per heavy atom. The maximum absolute atomic E-state index is 12.4. The summed E-state index contributed by atoms with van der Waals surface area (Å²) in [6.45, 7) is 2.33. The molecule has 1 aliphatic rings. The summed E-state index contributed by atoms with van der Waals surface area (Å²) in [5.74, 6) is -1.98. The normalized spacial score (nSPS) is 29.8. The van der Waals surface area contributed by atoms with Gasteiger partial charge in [0, 0.05) is 19.6 Å². The predicted octanol–water partition coefficient (Wildman–Crippen LogP) is 1.39. The molecule has 6 heteroatoms. The topological polar surface area (TPSA) is 47.3 Å². The van der Waals surface area contributed by atoms with E-state index in [0.29, 0.717) is 19.5 Å². The Bertz CT molecular complexity index is 274. The molecule has 0 aromatic carbocycles. The molecule has 0 radical (unpaired) electrons. The molecule has 0 aromatic heterocycles. The highest BCUT2D eigenvalue weighted by Gasteiger charge is 2.41. The first-order chi connectivity index (χ1) is 7.34. The molecule has 1 N–H and O–H groups in total. The highest BCUT2D eigenvalue weighted by molar-refractivity contribution is 4.92. The minimum Gasteiger partial charge on any atom is -0.393 e. The van der Waals surface area contributed by atoms with Crippen molar-refractivity contribution < 1.29 is 18.3 Å². The van der Waals surface area contributed by atoms with E-state index in [0.717, 1.165) is 0 Å². The number of nitrogens with zero attached hydrogens (tertiary/aromatic N) is 2. The third kappa shape index (κ3) is 3.35. The van der Waals surface area contributed by atoms with E-state index < -0.39 is 18.2 Å². The van der Waals surface area contributed by atoms with E-state index in [1.54, 1.807) is 11.8 Å². The summed E-state index contributed by atoms with van der Waals surface area (Å²) < 4.78 is 37.1. The Morgan fingerprint density at radius 2 is 2.19 bits per heavy atom. The molecule has 1 saturated heterocycles. The van der Waals surface area contributed by atoms with Crippen molar-refractivity contribution in [3.8, 4) is 6.07 Å². The lowest BCUT2D eigenvalue weighted by Crippen LogP contribution is -2.45. The number of aliphatic hydroxyl groups is 1. The lowest BCUT2D eigenvalue weighted by atomic mass is 9.96. The number of aliphatic hydroxyl groups excluding tert-OH is 1. The number of halogens is 3. The first kappa shape index (κ1) is 13.3. The van der Waals surface area contributed by atoms with Crippen molar-refractivity contribution in [2.24, 2.45) is 11.8 Å². The number of hydrogen-bond donors (Lipinski definition) is 1. The largest absolute Gasteiger partial charge is 0.405 e. The van der Waals surface area contributed by atoms with Crippen molar-refractivity contribution in [1.82, 2.24) is 4.90 Å². The van der Waals surface area contributed by atoms with Crippen LogP contribution in [0.2, 0.25) is 0 Å². The number of hydrogen-bond acceptors (Lipinski definition) is 3. The Kier molecular flexibility index (Phi) is 4.16. The monoisotopic (exact) mass is 236 g/mol. The minimum absolute atomic E-state index is 0.0404. The van der Waals surface area contributed by atoms with Crippen molar-refractivity contribution in [2.75, 3.05) is 19.6 Å². The zero-order chi connectivity index (χ0) is 12.3. The molecular formula is C10H15F3N2O. The number of nitriles is 1. The first-order valence-electron chi connectivity index (χ1n) is 5.21. The van der Waals surface area contributed by atoms with E-state index in [1.807, 2.05) is 0 Å². The molecule has 1 fully saturated rings. The van der Waals surface area contributed by atoms with Gasteiger partial charge in [0.25, 0.3) is 0 Å². The molecule has 0 bridgehead atoms. The molecule has 1 heterocycles. The number of alkyl halides is 3. The second-order valence-corrected chi connectivity index (χ2v) is 4.32. The third-order valence-corrected chi connectivity index (χ3v) is 2.94. The summed E-state index contributed by atoms with van der Waals surface area (Å²) in [6.07, 6.45) is -4.44. The molecule has 0 amide bonds. The van der Waals surface area contributed by atoms with Gasteiger partial charge in [-0.3, -0.25) is 0 Å². The molecule has 1 aliphatic heterocycles. The molecule has 3 unspecified atom stereocenters. The molecule has 0 saturated carbocycles. The van der Waals surface area contributed by atoms with E-state index in [1.165, 1.54) is 6.07 Å². The lowest BCUT2D eigenvalue weighted by molar-refractivity contribution is -0.164. The average Bonchev–Trinajstić information content (AvgIpc) is 2.18. The zero-order valence-corrected chi connectivity index (χ0v) is 9.04. The predicted molar refractivity (Wildman–Crippen MR) is 51.4 cm³/mol. The fourth-order valence-electron chi connectivity index (χ4n) is 1.86. The van der Waals surface area contributed by atoms with E-state index in [9.17, 15) is 18.3 Å². The summed E-state index contributed by atoms with van der Waals surface area (Å²) in [6, 6.07) is 1.29. The maximum atomic E-state index is 12.4. The van der Waals surface area contributed by atoms with Gasteiger partial charge in [-0.05, 0) is 12.3 Å². The van der Waals surface area contributed by atoms with Crippen LogP contribution in [-0.4, -0.2) is 41.9 Å². The highest BCUT2D eigenvalue weighted by atomic mass is 19.4. The van der Waals surface area contributed by atoms with Crippen LogP contribution in [0.25, 0.3) is 0 Å². The van der Waals surface area contributed by atoms with E-state index >= 15 is 0 Å². The smallest absolute Gasteiger partial charge is 0.393 e. The average molecular weight is 236 g/mol. The van der Waals surface area contributed by atoms with Gasteiger partial charge in [-0.2, -0.15) is 18.4 Å². The van der Waals surface area contributed by atoms with Crippen molar-refractivity contribution in [3.05, 3.63) is 0 Å². The molecule has 3 atom stereocenters. The second-order valence-electron chi connectivity index (χ2n) is 4.32. The zero-order valence-electron chi connectivity index (χ0n) is 9.04. The number of piperidine rings is 1. The lowest BCUT2D eigenvalue weighted by Gasteiger charge is -2.35. The minimum atomic E-state index is -4.46. The standard InChI is InChI=1S/C10H15F3N2O/c1-7-5-15(3-2-9(7)16)6-8(4-14)10(11,12)13/h7-9,16H,2-3,5-6H2,1H3. The van der Waals surface area contributed by atoms with Crippen molar-refractivity contribution in [2.45, 2.75) is 25.6 Å². The highest BCUT2D eigenvalue weighted by Crippen LogP contribution is 2.27. The molecular weight excluding hydrogens is 221 g/mol. The number of likely N-dealkylation sites (tertiary alicyclic amines) is 1. The summed E-state index contributed by atoms with van der Waals surface area (Å²) in [5, 5.41) is 17.9. The van der Waals surface area contributed by atoms with Gasteiger partial charge in [-0.15, -0.1) is 0 Å². The van der Waals surface area contributed by atoms with Crippen LogP contribution in [0.15, 0.2) is 0 Å². The van der Waals surface area contributed by atoms with Crippen LogP contribution >= 0.6 is 0 Å². The van der Waals surface area contributed by atoms with E-state index in [4.69, 9.17) is 5.26 Å². The molecule has 16 heavy (non-hydrogen) atoms. The van der Waals surface area contributed by atoms with Gasteiger partial charge in [0.15, 0.2) is 5.92 Å². The van der Waals surface area contributed by atoms with Gasteiger partial charge >= 0.3 is 6.18 Å². The molecule has 0 aromatic rings. The van der Waals surface area contributed by atoms with Gasteiger partial charge in [0.05, 0.1) is 12.2 Å². The number of rotatable bonds is 2. The fourth-order valence-corrected chi connectivity index (χ4v) is 1.86. The van der Waals surface area contributed by atoms with Crippen molar-refractivity contribution >= 4 is 0 Å². The second kappa shape index (κ2) is 5.02. The van der Waals surface area contributed by atoms with Crippen molar-refractivity contribution in [3.63, 3.8) is 0 Å². The van der Waals surface area contributed by atoms with Crippen LogP contribution in [0.4, 0.5) is 13.2 Å². The van der Waals surface area contributed by atoms with Crippen LogP contribution in [0.3, 0.4) is 0 Å². The quantitative estimate of drug-likeness (QED) is 0.788. The van der Waals surface area contributed by atoms with Crippen molar-refractivity contribution in [1.29, 1.82) is 5.26 Å². The van der Waals surface area contributed by atoms with Crippen LogP contribution < -0.4 is 0 Å². The van der Waals surface area contributed by atoms with Gasteiger partial charge in [0.1, 0.15) is 0 Å². The van der Waals surface area contributed by atoms with Crippen LogP contribution in [0.1, 0.15) is 13.3 Å². The summed E-state index contributed by atoms with van der Waals surface area (Å²) in [7, 11) is 0. The summed E-state index contributed by atoms with van der Waals surface area (Å²) in [5.41, 5.74) is 0. The van der Waals surface area contributed by atoms with Gasteiger partial charge in [-0.1, -0.05) is 6.92 Å². The molecule has 3 nitrogen and oxygen atoms in total. The Hall–Kier alpha value is -0.800.